The summed E-state index contributed by atoms with van der Waals surface area (Å²) >= 11 is 3.47. The lowest BCUT2D eigenvalue weighted by atomic mass is 9.94. The van der Waals surface area contributed by atoms with Crippen LogP contribution in [-0.2, 0) is 11.2 Å². The first-order chi connectivity index (χ1) is 8.49. The van der Waals surface area contributed by atoms with Gasteiger partial charge in [0, 0.05) is 17.6 Å². The Labute approximate surface area is 118 Å². The number of methoxy groups -OCH3 is 2. The molecule has 0 heterocycles. The van der Waals surface area contributed by atoms with Crippen LogP contribution in [0, 0.1) is 5.92 Å². The first kappa shape index (κ1) is 15.5. The molecular weight excluding hydrogens is 294 g/mol. The summed E-state index contributed by atoms with van der Waals surface area (Å²) in [6.07, 6.45) is 0.785. The van der Waals surface area contributed by atoms with Gasteiger partial charge in [0.05, 0.1) is 13.2 Å². The number of nitrogens with two attached hydrogens (primary N) is 1. The van der Waals surface area contributed by atoms with E-state index in [1.54, 1.807) is 14.2 Å². The highest BCUT2D eigenvalue weighted by molar-refractivity contribution is 9.10. The van der Waals surface area contributed by atoms with Crippen LogP contribution in [0.25, 0.3) is 0 Å². The average Bonchev–Trinajstić information content (AvgIpc) is 2.29. The minimum atomic E-state index is -0.0433. The number of halogens is 1. The van der Waals surface area contributed by atoms with E-state index in [2.05, 4.69) is 29.8 Å². The lowest BCUT2D eigenvalue weighted by Crippen LogP contribution is -2.41. The molecule has 18 heavy (non-hydrogen) atoms. The number of hydrogen-bond acceptors (Lipinski definition) is 3. The van der Waals surface area contributed by atoms with Gasteiger partial charge in [-0.2, -0.15) is 0 Å². The molecule has 102 valence electrons. The molecule has 2 N–H and O–H groups in total. The number of ether oxygens (including phenoxy) is 2. The Balaban J connectivity index is 2.86. The van der Waals surface area contributed by atoms with Crippen LogP contribution in [0.3, 0.4) is 0 Å². The molecule has 0 saturated heterocycles. The van der Waals surface area contributed by atoms with E-state index in [1.807, 2.05) is 18.2 Å². The number of benzene rings is 1. The highest BCUT2D eigenvalue weighted by Crippen LogP contribution is 2.25. The van der Waals surface area contributed by atoms with Crippen molar-refractivity contribution in [2.24, 2.45) is 11.7 Å². The van der Waals surface area contributed by atoms with E-state index in [4.69, 9.17) is 15.2 Å². The van der Waals surface area contributed by atoms with E-state index in [9.17, 15) is 0 Å². The van der Waals surface area contributed by atoms with Gasteiger partial charge in [-0.15, -0.1) is 0 Å². The zero-order valence-corrected chi connectivity index (χ0v) is 13.0. The standard InChI is InChI=1S/C14H22BrNO2/c1-9(2)14(18-4)12(16)8-10-7-11(15)5-6-13(10)17-3/h5-7,9,12,14H,8,16H2,1-4H3. The lowest BCUT2D eigenvalue weighted by molar-refractivity contribution is 0.0440. The summed E-state index contributed by atoms with van der Waals surface area (Å²) < 4.78 is 11.9. The zero-order valence-electron chi connectivity index (χ0n) is 11.4. The van der Waals surface area contributed by atoms with Crippen molar-refractivity contribution in [3.63, 3.8) is 0 Å². The molecule has 0 saturated carbocycles. The molecule has 4 heteroatoms. The molecule has 0 bridgehead atoms. The van der Waals surface area contributed by atoms with E-state index >= 15 is 0 Å². The summed E-state index contributed by atoms with van der Waals surface area (Å²) in [6, 6.07) is 5.91. The SMILES string of the molecule is COc1ccc(Br)cc1CC(N)C(OC)C(C)C. The molecule has 3 nitrogen and oxygen atoms in total. The molecule has 0 aliphatic rings. The number of rotatable bonds is 6. The van der Waals surface area contributed by atoms with Crippen LogP contribution in [0.4, 0.5) is 0 Å². The summed E-state index contributed by atoms with van der Waals surface area (Å²) in [6.45, 7) is 4.23. The molecule has 0 aliphatic heterocycles. The van der Waals surface area contributed by atoms with Crippen LogP contribution >= 0.6 is 15.9 Å². The van der Waals surface area contributed by atoms with Crippen molar-refractivity contribution in [2.45, 2.75) is 32.4 Å². The normalized spacial score (nSPS) is 14.6. The third kappa shape index (κ3) is 3.97. The summed E-state index contributed by atoms with van der Waals surface area (Å²) in [7, 11) is 3.39. The van der Waals surface area contributed by atoms with Crippen molar-refractivity contribution in [1.82, 2.24) is 0 Å². The first-order valence-corrected chi connectivity index (χ1v) is 6.89. The predicted octanol–water partition coefficient (Wildman–Crippen LogP) is 3.00. The van der Waals surface area contributed by atoms with Crippen LogP contribution in [0.15, 0.2) is 22.7 Å². The van der Waals surface area contributed by atoms with Crippen LogP contribution in [0.5, 0.6) is 5.75 Å². The third-order valence-corrected chi connectivity index (χ3v) is 3.54. The van der Waals surface area contributed by atoms with E-state index in [-0.39, 0.29) is 12.1 Å². The Morgan fingerprint density at radius 1 is 1.28 bits per heavy atom. The molecule has 0 spiro atoms. The monoisotopic (exact) mass is 315 g/mol. The van der Waals surface area contributed by atoms with E-state index in [1.165, 1.54) is 0 Å². The van der Waals surface area contributed by atoms with Gasteiger partial charge in [-0.3, -0.25) is 0 Å². The summed E-state index contributed by atoms with van der Waals surface area (Å²) in [5, 5.41) is 0. The van der Waals surface area contributed by atoms with Gasteiger partial charge in [0.1, 0.15) is 5.75 Å². The van der Waals surface area contributed by atoms with Gasteiger partial charge in [0.25, 0.3) is 0 Å². The Kier molecular flexibility index (Phi) is 6.12. The second-order valence-electron chi connectivity index (χ2n) is 4.77. The second kappa shape index (κ2) is 7.12. The van der Waals surface area contributed by atoms with Crippen LogP contribution in [0.2, 0.25) is 0 Å². The van der Waals surface area contributed by atoms with Gasteiger partial charge in [-0.1, -0.05) is 29.8 Å². The van der Waals surface area contributed by atoms with E-state index in [0.717, 1.165) is 22.2 Å². The summed E-state index contributed by atoms with van der Waals surface area (Å²) in [5.41, 5.74) is 7.34. The minimum absolute atomic E-state index is 0.0433. The molecule has 1 rings (SSSR count). The number of hydrogen-bond donors (Lipinski definition) is 1. The minimum Gasteiger partial charge on any atom is -0.496 e. The van der Waals surface area contributed by atoms with Crippen molar-refractivity contribution in [2.75, 3.05) is 14.2 Å². The van der Waals surface area contributed by atoms with E-state index in [0.29, 0.717) is 5.92 Å². The van der Waals surface area contributed by atoms with Gasteiger partial charge in [0.15, 0.2) is 0 Å². The van der Waals surface area contributed by atoms with Crippen molar-refractivity contribution in [3.8, 4) is 5.75 Å². The van der Waals surface area contributed by atoms with Gasteiger partial charge in [-0.25, -0.2) is 0 Å². The van der Waals surface area contributed by atoms with Crippen molar-refractivity contribution in [3.05, 3.63) is 28.2 Å². The predicted molar refractivity (Wildman–Crippen MR) is 78.0 cm³/mol. The lowest BCUT2D eigenvalue weighted by Gasteiger charge is -2.26. The van der Waals surface area contributed by atoms with Crippen molar-refractivity contribution >= 4 is 15.9 Å². The van der Waals surface area contributed by atoms with Crippen LogP contribution in [-0.4, -0.2) is 26.4 Å². The van der Waals surface area contributed by atoms with Crippen LogP contribution in [0.1, 0.15) is 19.4 Å². The van der Waals surface area contributed by atoms with Crippen LogP contribution < -0.4 is 10.5 Å². The van der Waals surface area contributed by atoms with Crippen molar-refractivity contribution in [1.29, 1.82) is 0 Å². The maximum Gasteiger partial charge on any atom is 0.122 e. The molecule has 0 aromatic heterocycles. The molecule has 2 atom stereocenters. The molecule has 2 unspecified atom stereocenters. The smallest absolute Gasteiger partial charge is 0.122 e. The average molecular weight is 316 g/mol. The molecule has 1 aromatic carbocycles. The Bertz CT molecular complexity index is 382. The first-order valence-electron chi connectivity index (χ1n) is 6.10. The topological polar surface area (TPSA) is 44.5 Å². The summed E-state index contributed by atoms with van der Waals surface area (Å²) in [4.78, 5) is 0. The van der Waals surface area contributed by atoms with Gasteiger partial charge in [0.2, 0.25) is 0 Å². The Morgan fingerprint density at radius 3 is 2.44 bits per heavy atom. The van der Waals surface area contributed by atoms with Gasteiger partial charge in [-0.05, 0) is 36.1 Å². The summed E-state index contributed by atoms with van der Waals surface area (Å²) in [5.74, 6) is 1.26. The molecular formula is C14H22BrNO2. The molecule has 1 aromatic rings. The quantitative estimate of drug-likeness (QED) is 0.877. The Hall–Kier alpha value is -0.580. The maximum atomic E-state index is 6.24. The molecule has 0 fully saturated rings. The highest BCUT2D eigenvalue weighted by atomic mass is 79.9. The fraction of sp³-hybridized carbons (Fsp3) is 0.571. The van der Waals surface area contributed by atoms with Crippen molar-refractivity contribution < 1.29 is 9.47 Å². The third-order valence-electron chi connectivity index (χ3n) is 3.05. The Morgan fingerprint density at radius 2 is 1.94 bits per heavy atom. The van der Waals surface area contributed by atoms with Gasteiger partial charge < -0.3 is 15.2 Å². The second-order valence-corrected chi connectivity index (χ2v) is 5.68. The fourth-order valence-corrected chi connectivity index (χ4v) is 2.63. The molecule has 0 radical (unpaired) electrons. The molecule has 0 aliphatic carbocycles. The molecule has 0 amide bonds. The largest absolute Gasteiger partial charge is 0.496 e. The highest BCUT2D eigenvalue weighted by Gasteiger charge is 2.22. The zero-order chi connectivity index (χ0) is 13.7. The van der Waals surface area contributed by atoms with E-state index < -0.39 is 0 Å². The van der Waals surface area contributed by atoms with Gasteiger partial charge >= 0.3 is 0 Å². The fourth-order valence-electron chi connectivity index (χ4n) is 2.22. The maximum absolute atomic E-state index is 6.24.